The molecule has 1 N–H and O–H groups in total. The highest BCUT2D eigenvalue weighted by atomic mass is 16.3. The Morgan fingerprint density at radius 3 is 2.63 bits per heavy atom. The lowest BCUT2D eigenvalue weighted by Crippen LogP contribution is -2.48. The van der Waals surface area contributed by atoms with Crippen LogP contribution in [0.2, 0.25) is 0 Å². The van der Waals surface area contributed by atoms with Gasteiger partial charge in [0, 0.05) is 38.4 Å². The van der Waals surface area contributed by atoms with Gasteiger partial charge in [-0.1, -0.05) is 19.4 Å². The number of rotatable bonds is 5. The van der Waals surface area contributed by atoms with Crippen LogP contribution in [0.25, 0.3) is 0 Å². The zero-order valence-electron chi connectivity index (χ0n) is 12.0. The second kappa shape index (κ2) is 6.87. The van der Waals surface area contributed by atoms with Crippen molar-refractivity contribution in [1.82, 2.24) is 9.88 Å². The van der Waals surface area contributed by atoms with Crippen LogP contribution in [0, 0.1) is 6.92 Å². The molecule has 1 atom stereocenters. The molecule has 4 heteroatoms. The van der Waals surface area contributed by atoms with Crippen molar-refractivity contribution < 1.29 is 5.11 Å². The number of β-amino-alcohol motifs (C(OH)–C–C–N with tert-alkyl or cyclic N) is 1. The van der Waals surface area contributed by atoms with Crippen molar-refractivity contribution in [2.45, 2.75) is 32.8 Å². The molecule has 2 rings (SSSR count). The number of pyridine rings is 1. The third kappa shape index (κ3) is 4.18. The number of aryl methyl sites for hydroxylation is 1. The van der Waals surface area contributed by atoms with E-state index in [-0.39, 0.29) is 6.10 Å². The van der Waals surface area contributed by atoms with Crippen molar-refractivity contribution in [3.63, 3.8) is 0 Å². The topological polar surface area (TPSA) is 39.6 Å². The van der Waals surface area contributed by atoms with Gasteiger partial charge in [0.15, 0.2) is 0 Å². The molecule has 0 amide bonds. The average molecular weight is 263 g/mol. The zero-order valence-corrected chi connectivity index (χ0v) is 12.0. The lowest BCUT2D eigenvalue weighted by molar-refractivity contribution is 0.101. The van der Waals surface area contributed by atoms with Crippen molar-refractivity contribution in [2.75, 3.05) is 37.6 Å². The summed E-state index contributed by atoms with van der Waals surface area (Å²) >= 11 is 0. The van der Waals surface area contributed by atoms with Crippen LogP contribution in [-0.2, 0) is 0 Å². The number of hydrogen-bond donors (Lipinski definition) is 1. The summed E-state index contributed by atoms with van der Waals surface area (Å²) in [6.45, 7) is 8.96. The Kier molecular flexibility index (Phi) is 5.16. The molecule has 2 heterocycles. The van der Waals surface area contributed by atoms with Crippen LogP contribution < -0.4 is 4.90 Å². The van der Waals surface area contributed by atoms with Crippen molar-refractivity contribution in [3.05, 3.63) is 23.9 Å². The Bertz CT molecular complexity index is 389. The van der Waals surface area contributed by atoms with E-state index in [0.29, 0.717) is 0 Å². The summed E-state index contributed by atoms with van der Waals surface area (Å²) in [4.78, 5) is 9.25. The molecule has 106 valence electrons. The molecule has 1 unspecified atom stereocenters. The minimum Gasteiger partial charge on any atom is -0.392 e. The Balaban J connectivity index is 1.82. The van der Waals surface area contributed by atoms with Crippen LogP contribution in [0.4, 0.5) is 5.82 Å². The van der Waals surface area contributed by atoms with Gasteiger partial charge in [-0.15, -0.1) is 0 Å². The molecule has 1 aliphatic rings. The quantitative estimate of drug-likeness (QED) is 0.877. The molecule has 1 aliphatic heterocycles. The highest BCUT2D eigenvalue weighted by Gasteiger charge is 2.19. The van der Waals surface area contributed by atoms with E-state index < -0.39 is 0 Å². The second-order valence-corrected chi connectivity index (χ2v) is 5.37. The highest BCUT2D eigenvalue weighted by molar-refractivity contribution is 5.39. The zero-order chi connectivity index (χ0) is 13.7. The normalized spacial score (nSPS) is 18.6. The SMILES string of the molecule is CCCC(O)CN1CCN(c2cccc(C)n2)CC1. The molecule has 0 aromatic carbocycles. The van der Waals surface area contributed by atoms with Crippen molar-refractivity contribution in [2.24, 2.45) is 0 Å². The van der Waals surface area contributed by atoms with Gasteiger partial charge in [0.05, 0.1) is 6.10 Å². The third-order valence-electron chi connectivity index (χ3n) is 3.66. The molecule has 1 saturated heterocycles. The molecule has 1 fully saturated rings. The average Bonchev–Trinajstić information content (AvgIpc) is 2.40. The van der Waals surface area contributed by atoms with Gasteiger partial charge in [0.1, 0.15) is 5.82 Å². The van der Waals surface area contributed by atoms with E-state index in [9.17, 15) is 5.11 Å². The summed E-state index contributed by atoms with van der Waals surface area (Å²) in [6, 6.07) is 6.17. The first-order chi connectivity index (χ1) is 9.19. The molecular formula is C15H25N3O. The van der Waals surface area contributed by atoms with Gasteiger partial charge >= 0.3 is 0 Å². The maximum Gasteiger partial charge on any atom is 0.128 e. The molecule has 1 aromatic heterocycles. The first kappa shape index (κ1) is 14.3. The van der Waals surface area contributed by atoms with Gasteiger partial charge in [-0.05, 0) is 25.5 Å². The number of nitrogens with zero attached hydrogens (tertiary/aromatic N) is 3. The van der Waals surface area contributed by atoms with Crippen molar-refractivity contribution in [3.8, 4) is 0 Å². The lowest BCUT2D eigenvalue weighted by atomic mass is 10.2. The van der Waals surface area contributed by atoms with E-state index in [2.05, 4.69) is 33.8 Å². The first-order valence-electron chi connectivity index (χ1n) is 7.28. The van der Waals surface area contributed by atoms with Crippen molar-refractivity contribution in [1.29, 1.82) is 0 Å². The van der Waals surface area contributed by atoms with Gasteiger partial charge in [0.2, 0.25) is 0 Å². The number of piperazine rings is 1. The summed E-state index contributed by atoms with van der Waals surface area (Å²) in [6.07, 6.45) is 1.78. The standard InChI is InChI=1S/C15H25N3O/c1-3-5-14(19)12-17-8-10-18(11-9-17)15-7-4-6-13(2)16-15/h4,6-7,14,19H,3,5,8-12H2,1-2H3. The Morgan fingerprint density at radius 2 is 2.00 bits per heavy atom. The summed E-state index contributed by atoms with van der Waals surface area (Å²) in [5.41, 5.74) is 1.07. The van der Waals surface area contributed by atoms with Crippen LogP contribution in [-0.4, -0.2) is 53.8 Å². The first-order valence-corrected chi connectivity index (χ1v) is 7.28. The molecular weight excluding hydrogens is 238 g/mol. The van der Waals surface area contributed by atoms with Gasteiger partial charge < -0.3 is 10.0 Å². The van der Waals surface area contributed by atoms with Crippen LogP contribution >= 0.6 is 0 Å². The van der Waals surface area contributed by atoms with Crippen molar-refractivity contribution >= 4 is 5.82 Å². The number of aromatic nitrogens is 1. The summed E-state index contributed by atoms with van der Waals surface area (Å²) in [5.74, 6) is 1.08. The van der Waals surface area contributed by atoms with Gasteiger partial charge in [-0.3, -0.25) is 4.90 Å². The number of aliphatic hydroxyl groups excluding tert-OH is 1. The van der Waals surface area contributed by atoms with Crippen LogP contribution in [0.15, 0.2) is 18.2 Å². The van der Waals surface area contributed by atoms with E-state index in [1.54, 1.807) is 0 Å². The Morgan fingerprint density at radius 1 is 1.26 bits per heavy atom. The predicted octanol–water partition coefficient (Wildman–Crippen LogP) is 1.67. The predicted molar refractivity (Wildman–Crippen MR) is 78.5 cm³/mol. The van der Waals surface area contributed by atoms with Crippen LogP contribution in [0.1, 0.15) is 25.5 Å². The van der Waals surface area contributed by atoms with Crippen LogP contribution in [0.5, 0.6) is 0 Å². The monoisotopic (exact) mass is 263 g/mol. The molecule has 0 bridgehead atoms. The Hall–Kier alpha value is -1.13. The summed E-state index contributed by atoms with van der Waals surface area (Å²) in [5, 5.41) is 9.85. The maximum absolute atomic E-state index is 9.85. The Labute approximate surface area is 116 Å². The smallest absolute Gasteiger partial charge is 0.128 e. The van der Waals surface area contributed by atoms with E-state index >= 15 is 0 Å². The largest absolute Gasteiger partial charge is 0.392 e. The third-order valence-corrected chi connectivity index (χ3v) is 3.66. The van der Waals surface area contributed by atoms with E-state index in [4.69, 9.17) is 0 Å². The molecule has 4 nitrogen and oxygen atoms in total. The maximum atomic E-state index is 9.85. The van der Waals surface area contributed by atoms with Crippen LogP contribution in [0.3, 0.4) is 0 Å². The van der Waals surface area contributed by atoms with Gasteiger partial charge in [0.25, 0.3) is 0 Å². The minimum absolute atomic E-state index is 0.173. The van der Waals surface area contributed by atoms with E-state index in [1.165, 1.54) is 0 Å². The summed E-state index contributed by atoms with van der Waals surface area (Å²) < 4.78 is 0. The molecule has 0 aliphatic carbocycles. The molecule has 0 radical (unpaired) electrons. The fourth-order valence-electron chi connectivity index (χ4n) is 2.59. The highest BCUT2D eigenvalue weighted by Crippen LogP contribution is 2.14. The fraction of sp³-hybridized carbons (Fsp3) is 0.667. The molecule has 1 aromatic rings. The second-order valence-electron chi connectivity index (χ2n) is 5.37. The van der Waals surface area contributed by atoms with Gasteiger partial charge in [-0.25, -0.2) is 4.98 Å². The number of anilines is 1. The molecule has 19 heavy (non-hydrogen) atoms. The fourth-order valence-corrected chi connectivity index (χ4v) is 2.59. The minimum atomic E-state index is -0.173. The number of hydrogen-bond acceptors (Lipinski definition) is 4. The molecule has 0 spiro atoms. The molecule has 0 saturated carbocycles. The lowest BCUT2D eigenvalue weighted by Gasteiger charge is -2.36. The van der Waals surface area contributed by atoms with Gasteiger partial charge in [-0.2, -0.15) is 0 Å². The van der Waals surface area contributed by atoms with E-state index in [0.717, 1.165) is 57.1 Å². The van der Waals surface area contributed by atoms with E-state index in [1.807, 2.05) is 13.0 Å². The number of aliphatic hydroxyl groups is 1. The summed E-state index contributed by atoms with van der Waals surface area (Å²) in [7, 11) is 0.